The lowest BCUT2D eigenvalue weighted by atomic mass is 10.0. The Morgan fingerprint density at radius 1 is 1.57 bits per heavy atom. The first-order valence-electron chi connectivity index (χ1n) is 4.27. The van der Waals surface area contributed by atoms with Crippen LogP contribution in [0.4, 0.5) is 0 Å². The first-order valence-corrected chi connectivity index (χ1v) is 4.64. The van der Waals surface area contributed by atoms with Crippen molar-refractivity contribution in [2.45, 2.75) is 12.5 Å². The maximum absolute atomic E-state index is 10.9. The van der Waals surface area contributed by atoms with E-state index in [0.717, 1.165) is 0 Å². The van der Waals surface area contributed by atoms with E-state index in [4.69, 9.17) is 20.8 Å². The number of ether oxygens (including phenoxy) is 1. The van der Waals surface area contributed by atoms with Crippen molar-refractivity contribution in [2.75, 3.05) is 13.2 Å². The maximum atomic E-state index is 10.9. The van der Waals surface area contributed by atoms with Crippen molar-refractivity contribution in [3.05, 3.63) is 23.1 Å². The molecule has 0 bridgehead atoms. The summed E-state index contributed by atoms with van der Waals surface area (Å²) < 4.78 is 10.7. The van der Waals surface area contributed by atoms with Gasteiger partial charge in [0.2, 0.25) is 5.91 Å². The second-order valence-electron chi connectivity index (χ2n) is 3.40. The molecular formula is C9H10ClNO3. The molecule has 1 unspecified atom stereocenters. The van der Waals surface area contributed by atoms with Crippen LogP contribution in [0.2, 0.25) is 5.22 Å². The lowest BCUT2D eigenvalue weighted by Crippen LogP contribution is -2.48. The molecule has 0 radical (unpaired) electrons. The lowest BCUT2D eigenvalue weighted by Gasteiger charge is -2.31. The third-order valence-corrected chi connectivity index (χ3v) is 2.44. The zero-order valence-corrected chi connectivity index (χ0v) is 8.43. The monoisotopic (exact) mass is 215 g/mol. The van der Waals surface area contributed by atoms with E-state index in [1.165, 1.54) is 0 Å². The molecule has 2 rings (SSSR count). The van der Waals surface area contributed by atoms with Gasteiger partial charge in [-0.2, -0.15) is 0 Å². The van der Waals surface area contributed by atoms with E-state index in [9.17, 15) is 4.79 Å². The van der Waals surface area contributed by atoms with Gasteiger partial charge in [0.15, 0.2) is 5.22 Å². The SMILES string of the molecule is CC1(c2ccc(Cl)o2)CNC(=O)CO1. The van der Waals surface area contributed by atoms with Gasteiger partial charge in [-0.25, -0.2) is 0 Å². The summed E-state index contributed by atoms with van der Waals surface area (Å²) in [6, 6.07) is 3.40. The van der Waals surface area contributed by atoms with Gasteiger partial charge in [0.1, 0.15) is 18.0 Å². The Labute approximate surface area is 86.2 Å². The van der Waals surface area contributed by atoms with E-state index in [0.29, 0.717) is 17.5 Å². The molecule has 1 atom stereocenters. The van der Waals surface area contributed by atoms with Crippen LogP contribution in [0.25, 0.3) is 0 Å². The minimum atomic E-state index is -0.610. The standard InChI is InChI=1S/C9H10ClNO3/c1-9(5-11-8(12)4-13-9)6-2-3-7(10)14-6/h2-3H,4-5H2,1H3,(H,11,12). The molecule has 1 saturated heterocycles. The summed E-state index contributed by atoms with van der Waals surface area (Å²) in [6.45, 7) is 2.30. The largest absolute Gasteiger partial charge is 0.447 e. The van der Waals surface area contributed by atoms with Crippen molar-refractivity contribution in [1.82, 2.24) is 5.32 Å². The van der Waals surface area contributed by atoms with Crippen LogP contribution in [0.3, 0.4) is 0 Å². The summed E-state index contributed by atoms with van der Waals surface area (Å²) >= 11 is 5.66. The number of rotatable bonds is 1. The topological polar surface area (TPSA) is 51.5 Å². The van der Waals surface area contributed by atoms with Crippen LogP contribution in [0, 0.1) is 0 Å². The fraction of sp³-hybridized carbons (Fsp3) is 0.444. The molecule has 0 aliphatic carbocycles. The van der Waals surface area contributed by atoms with Gasteiger partial charge in [-0.15, -0.1) is 0 Å². The maximum Gasteiger partial charge on any atom is 0.246 e. The van der Waals surface area contributed by atoms with E-state index in [1.54, 1.807) is 12.1 Å². The van der Waals surface area contributed by atoms with Gasteiger partial charge in [0.25, 0.3) is 0 Å². The Kier molecular flexibility index (Phi) is 2.25. The predicted molar refractivity (Wildman–Crippen MR) is 50.0 cm³/mol. The summed E-state index contributed by atoms with van der Waals surface area (Å²) in [5.74, 6) is 0.516. The Morgan fingerprint density at radius 2 is 2.36 bits per heavy atom. The normalized spacial score (nSPS) is 27.4. The van der Waals surface area contributed by atoms with Crippen LogP contribution in [0.15, 0.2) is 16.5 Å². The van der Waals surface area contributed by atoms with E-state index in [2.05, 4.69) is 5.32 Å². The first-order chi connectivity index (χ1) is 6.60. The van der Waals surface area contributed by atoms with E-state index in [1.807, 2.05) is 6.92 Å². The van der Waals surface area contributed by atoms with Gasteiger partial charge in [0, 0.05) is 0 Å². The van der Waals surface area contributed by atoms with E-state index in [-0.39, 0.29) is 12.5 Å². The van der Waals surface area contributed by atoms with Crippen molar-refractivity contribution in [1.29, 1.82) is 0 Å². The molecule has 0 aromatic carbocycles. The average molecular weight is 216 g/mol. The second kappa shape index (κ2) is 3.29. The summed E-state index contributed by atoms with van der Waals surface area (Å²) in [7, 11) is 0. The highest BCUT2D eigenvalue weighted by molar-refractivity contribution is 6.28. The highest BCUT2D eigenvalue weighted by Crippen LogP contribution is 2.29. The molecule has 1 aliphatic rings. The van der Waals surface area contributed by atoms with Crippen molar-refractivity contribution >= 4 is 17.5 Å². The molecular weight excluding hydrogens is 206 g/mol. The Bertz CT molecular complexity index is 351. The lowest BCUT2D eigenvalue weighted by molar-refractivity contribution is -0.144. The summed E-state index contributed by atoms with van der Waals surface area (Å²) in [5.41, 5.74) is -0.610. The predicted octanol–water partition coefficient (Wildman–Crippen LogP) is 1.29. The molecule has 2 heterocycles. The smallest absolute Gasteiger partial charge is 0.246 e. The third-order valence-electron chi connectivity index (χ3n) is 2.24. The Hall–Kier alpha value is -1.00. The number of amides is 1. The molecule has 1 fully saturated rings. The van der Waals surface area contributed by atoms with Gasteiger partial charge in [0.05, 0.1) is 6.54 Å². The number of nitrogens with one attached hydrogen (secondary N) is 1. The molecule has 14 heavy (non-hydrogen) atoms. The van der Waals surface area contributed by atoms with Crippen molar-refractivity contribution < 1.29 is 13.9 Å². The summed E-state index contributed by atoms with van der Waals surface area (Å²) in [6.07, 6.45) is 0. The number of morpholine rings is 1. The van der Waals surface area contributed by atoms with Crippen molar-refractivity contribution in [3.63, 3.8) is 0 Å². The first kappa shape index (κ1) is 9.55. The Morgan fingerprint density at radius 3 is 2.86 bits per heavy atom. The minimum absolute atomic E-state index is 0.0504. The summed E-state index contributed by atoms with van der Waals surface area (Å²) in [5, 5.41) is 3.03. The number of carbonyl (C=O) groups excluding carboxylic acids is 1. The highest BCUT2D eigenvalue weighted by atomic mass is 35.5. The van der Waals surface area contributed by atoms with Crippen molar-refractivity contribution in [3.8, 4) is 0 Å². The van der Waals surface area contributed by atoms with Crippen LogP contribution in [-0.2, 0) is 15.1 Å². The molecule has 1 aromatic rings. The van der Waals surface area contributed by atoms with E-state index >= 15 is 0 Å². The highest BCUT2D eigenvalue weighted by Gasteiger charge is 2.35. The summed E-state index contributed by atoms with van der Waals surface area (Å²) in [4.78, 5) is 10.9. The van der Waals surface area contributed by atoms with Gasteiger partial charge < -0.3 is 14.5 Å². The molecule has 1 aromatic heterocycles. The molecule has 1 aliphatic heterocycles. The molecule has 1 amide bonds. The van der Waals surface area contributed by atoms with Crippen LogP contribution < -0.4 is 5.32 Å². The number of hydrogen-bond acceptors (Lipinski definition) is 3. The molecule has 1 N–H and O–H groups in total. The molecule has 0 spiro atoms. The van der Waals surface area contributed by atoms with Crippen LogP contribution in [0.5, 0.6) is 0 Å². The quantitative estimate of drug-likeness (QED) is 0.768. The second-order valence-corrected chi connectivity index (χ2v) is 3.77. The fourth-order valence-corrected chi connectivity index (χ4v) is 1.50. The average Bonchev–Trinajstić information content (AvgIpc) is 2.58. The number of furan rings is 1. The van der Waals surface area contributed by atoms with Crippen molar-refractivity contribution in [2.24, 2.45) is 0 Å². The molecule has 0 saturated carbocycles. The molecule has 76 valence electrons. The molecule has 5 heteroatoms. The zero-order chi connectivity index (χ0) is 10.2. The minimum Gasteiger partial charge on any atom is -0.447 e. The molecule has 4 nitrogen and oxygen atoms in total. The Balaban J connectivity index is 2.20. The van der Waals surface area contributed by atoms with Gasteiger partial charge in [-0.1, -0.05) is 0 Å². The van der Waals surface area contributed by atoms with Crippen LogP contribution in [0.1, 0.15) is 12.7 Å². The zero-order valence-electron chi connectivity index (χ0n) is 7.67. The van der Waals surface area contributed by atoms with E-state index < -0.39 is 5.60 Å². The number of halogens is 1. The van der Waals surface area contributed by atoms with Crippen LogP contribution >= 0.6 is 11.6 Å². The van der Waals surface area contributed by atoms with Gasteiger partial charge in [-0.05, 0) is 30.7 Å². The third kappa shape index (κ3) is 1.63. The van der Waals surface area contributed by atoms with Gasteiger partial charge >= 0.3 is 0 Å². The van der Waals surface area contributed by atoms with Crippen LogP contribution in [-0.4, -0.2) is 19.1 Å². The van der Waals surface area contributed by atoms with Gasteiger partial charge in [-0.3, -0.25) is 4.79 Å². The number of hydrogen-bond donors (Lipinski definition) is 1. The fourth-order valence-electron chi connectivity index (χ4n) is 1.35. The number of carbonyl (C=O) groups is 1.